The van der Waals surface area contributed by atoms with Gasteiger partial charge in [0.15, 0.2) is 0 Å². The van der Waals surface area contributed by atoms with E-state index in [0.717, 1.165) is 42.1 Å². The van der Waals surface area contributed by atoms with Crippen molar-refractivity contribution in [3.8, 4) is 0 Å². The lowest BCUT2D eigenvalue weighted by Crippen LogP contribution is -2.45. The molecule has 0 bridgehead atoms. The Morgan fingerprint density at radius 2 is 1.85 bits per heavy atom. The highest BCUT2D eigenvalue weighted by molar-refractivity contribution is 7.16. The number of aromatic nitrogens is 1. The highest BCUT2D eigenvalue weighted by Gasteiger charge is 2.22. The van der Waals surface area contributed by atoms with Crippen LogP contribution in [0.2, 0.25) is 0 Å². The third kappa shape index (κ3) is 3.54. The third-order valence-corrected chi connectivity index (χ3v) is 5.69. The van der Waals surface area contributed by atoms with Crippen molar-refractivity contribution < 1.29 is 4.79 Å². The molecule has 27 heavy (non-hydrogen) atoms. The van der Waals surface area contributed by atoms with Gasteiger partial charge in [-0.1, -0.05) is 0 Å². The standard InChI is InChI=1S/C19H22N6OS/c1-24-4-6-25(7-5-24)17-10-15(21)14(20)9-13(17)19(26)23-12-2-3-18-16(8-12)22-11-27-18/h2-3,8-11H,4-7,20-21H2,1H3,(H,23,26). The van der Waals surface area contributed by atoms with E-state index in [4.69, 9.17) is 11.5 Å². The van der Waals surface area contributed by atoms with Gasteiger partial charge in [-0.3, -0.25) is 4.79 Å². The second kappa shape index (κ2) is 7.05. The molecule has 7 nitrogen and oxygen atoms in total. The molecule has 1 aliphatic heterocycles. The van der Waals surface area contributed by atoms with Crippen molar-refractivity contribution in [3.63, 3.8) is 0 Å². The molecule has 0 unspecified atom stereocenters. The lowest BCUT2D eigenvalue weighted by molar-refractivity contribution is 0.102. The van der Waals surface area contributed by atoms with Gasteiger partial charge in [-0.15, -0.1) is 11.3 Å². The van der Waals surface area contributed by atoms with Crippen LogP contribution in [0.5, 0.6) is 0 Å². The van der Waals surface area contributed by atoms with E-state index in [9.17, 15) is 4.79 Å². The summed E-state index contributed by atoms with van der Waals surface area (Å²) in [6.45, 7) is 3.55. The van der Waals surface area contributed by atoms with Crippen LogP contribution in [0.3, 0.4) is 0 Å². The highest BCUT2D eigenvalue weighted by Crippen LogP contribution is 2.30. The largest absolute Gasteiger partial charge is 0.397 e. The van der Waals surface area contributed by atoms with Gasteiger partial charge in [0.05, 0.1) is 38.4 Å². The van der Waals surface area contributed by atoms with E-state index in [1.165, 1.54) is 0 Å². The third-order valence-electron chi connectivity index (χ3n) is 4.88. The fourth-order valence-corrected chi connectivity index (χ4v) is 3.90. The lowest BCUT2D eigenvalue weighted by Gasteiger charge is -2.35. The van der Waals surface area contributed by atoms with Crippen LogP contribution in [0.1, 0.15) is 10.4 Å². The number of benzene rings is 2. The van der Waals surface area contributed by atoms with E-state index in [0.29, 0.717) is 22.6 Å². The molecule has 0 saturated carbocycles. The molecule has 5 N–H and O–H groups in total. The number of thiazole rings is 1. The number of nitrogen functional groups attached to an aromatic ring is 2. The average molecular weight is 382 g/mol. The van der Waals surface area contributed by atoms with Crippen LogP contribution < -0.4 is 21.7 Å². The summed E-state index contributed by atoms with van der Waals surface area (Å²) >= 11 is 1.57. The second-order valence-corrected chi connectivity index (χ2v) is 7.66. The molecule has 1 aliphatic rings. The summed E-state index contributed by atoms with van der Waals surface area (Å²) < 4.78 is 1.09. The summed E-state index contributed by atoms with van der Waals surface area (Å²) in [5.41, 5.74) is 17.6. The van der Waals surface area contributed by atoms with Gasteiger partial charge in [0.1, 0.15) is 0 Å². The number of anilines is 4. The van der Waals surface area contributed by atoms with Crippen LogP contribution >= 0.6 is 11.3 Å². The summed E-state index contributed by atoms with van der Waals surface area (Å²) in [6, 6.07) is 9.19. The lowest BCUT2D eigenvalue weighted by atomic mass is 10.1. The van der Waals surface area contributed by atoms with Crippen LogP contribution in [0, 0.1) is 0 Å². The summed E-state index contributed by atoms with van der Waals surface area (Å²) in [5, 5.41) is 2.97. The maximum absolute atomic E-state index is 13.0. The number of rotatable bonds is 3. The monoisotopic (exact) mass is 382 g/mol. The smallest absolute Gasteiger partial charge is 0.257 e. The minimum atomic E-state index is -0.204. The van der Waals surface area contributed by atoms with Gasteiger partial charge in [-0.2, -0.15) is 0 Å². The fraction of sp³-hybridized carbons (Fsp3) is 0.263. The number of nitrogens with two attached hydrogens (primary N) is 2. The summed E-state index contributed by atoms with van der Waals surface area (Å²) in [5.74, 6) is -0.204. The molecule has 4 rings (SSSR count). The molecule has 1 amide bonds. The van der Waals surface area contributed by atoms with Crippen molar-refractivity contribution in [1.82, 2.24) is 9.88 Å². The molecule has 2 heterocycles. The Kier molecular flexibility index (Phi) is 4.59. The Bertz CT molecular complexity index is 993. The Labute approximate surface area is 161 Å². The summed E-state index contributed by atoms with van der Waals surface area (Å²) in [7, 11) is 2.09. The van der Waals surface area contributed by atoms with E-state index >= 15 is 0 Å². The van der Waals surface area contributed by atoms with Crippen LogP contribution in [0.15, 0.2) is 35.8 Å². The van der Waals surface area contributed by atoms with Crippen LogP contribution in [0.25, 0.3) is 10.2 Å². The maximum atomic E-state index is 13.0. The van der Waals surface area contributed by atoms with Gasteiger partial charge in [0.2, 0.25) is 0 Å². The zero-order valence-electron chi connectivity index (χ0n) is 15.1. The predicted octanol–water partition coefficient (Wildman–Crippen LogP) is 2.46. The van der Waals surface area contributed by atoms with Gasteiger partial charge in [0.25, 0.3) is 5.91 Å². The van der Waals surface area contributed by atoms with Crippen molar-refractivity contribution in [2.75, 3.05) is 54.9 Å². The van der Waals surface area contributed by atoms with E-state index in [-0.39, 0.29) is 5.91 Å². The van der Waals surface area contributed by atoms with Gasteiger partial charge in [-0.25, -0.2) is 4.98 Å². The maximum Gasteiger partial charge on any atom is 0.257 e. The fourth-order valence-electron chi connectivity index (χ4n) is 3.25. The number of carbonyl (C=O) groups excluding carboxylic acids is 1. The van der Waals surface area contributed by atoms with Crippen LogP contribution in [0.4, 0.5) is 22.7 Å². The molecule has 1 saturated heterocycles. The molecule has 0 atom stereocenters. The number of carbonyl (C=O) groups is 1. The quantitative estimate of drug-likeness (QED) is 0.602. The zero-order valence-corrected chi connectivity index (χ0v) is 15.9. The van der Waals surface area contributed by atoms with Crippen LogP contribution in [-0.4, -0.2) is 49.0 Å². The van der Waals surface area contributed by atoms with Crippen molar-refractivity contribution in [2.24, 2.45) is 0 Å². The Balaban J connectivity index is 1.64. The molecule has 8 heteroatoms. The number of piperazine rings is 1. The zero-order chi connectivity index (χ0) is 19.0. The Hall–Kier alpha value is -2.84. The molecule has 0 radical (unpaired) electrons. The van der Waals surface area contributed by atoms with E-state index < -0.39 is 0 Å². The van der Waals surface area contributed by atoms with Crippen molar-refractivity contribution in [3.05, 3.63) is 41.4 Å². The number of nitrogens with zero attached hydrogens (tertiary/aromatic N) is 3. The van der Waals surface area contributed by atoms with E-state index in [2.05, 4.69) is 27.1 Å². The van der Waals surface area contributed by atoms with Gasteiger partial charge >= 0.3 is 0 Å². The van der Waals surface area contributed by atoms with Crippen LogP contribution in [-0.2, 0) is 0 Å². The number of fused-ring (bicyclic) bond motifs is 1. The van der Waals surface area contributed by atoms with Gasteiger partial charge in [-0.05, 0) is 37.4 Å². The molecule has 3 aromatic rings. The Morgan fingerprint density at radius 3 is 2.63 bits per heavy atom. The Morgan fingerprint density at radius 1 is 1.11 bits per heavy atom. The number of hydrogen-bond acceptors (Lipinski definition) is 7. The topological polar surface area (TPSA) is 101 Å². The molecule has 0 aliphatic carbocycles. The minimum absolute atomic E-state index is 0.204. The molecular weight excluding hydrogens is 360 g/mol. The normalized spacial score (nSPS) is 15.2. The van der Waals surface area contributed by atoms with E-state index in [1.807, 2.05) is 18.2 Å². The van der Waals surface area contributed by atoms with Crippen molar-refractivity contribution in [1.29, 1.82) is 0 Å². The van der Waals surface area contributed by atoms with Crippen molar-refractivity contribution in [2.45, 2.75) is 0 Å². The average Bonchev–Trinajstić information content (AvgIpc) is 3.12. The first-order valence-corrected chi connectivity index (χ1v) is 9.66. The van der Waals surface area contributed by atoms with E-state index in [1.54, 1.807) is 29.0 Å². The van der Waals surface area contributed by atoms with Crippen molar-refractivity contribution >= 4 is 50.2 Å². The first-order valence-electron chi connectivity index (χ1n) is 8.78. The molecule has 1 fully saturated rings. The molecule has 2 aromatic carbocycles. The SMILES string of the molecule is CN1CCN(c2cc(N)c(N)cc2C(=O)Nc2ccc3scnc3c2)CC1. The first-order chi connectivity index (χ1) is 13.0. The summed E-state index contributed by atoms with van der Waals surface area (Å²) in [6.07, 6.45) is 0. The molecule has 0 spiro atoms. The number of nitrogens with one attached hydrogen (secondary N) is 1. The first kappa shape index (κ1) is 17.6. The number of likely N-dealkylation sites (N-methyl/N-ethyl adjacent to an activating group) is 1. The molecular formula is C19H22N6OS. The second-order valence-electron chi connectivity index (χ2n) is 6.78. The summed E-state index contributed by atoms with van der Waals surface area (Å²) in [4.78, 5) is 21.8. The molecule has 1 aromatic heterocycles. The van der Waals surface area contributed by atoms with Gasteiger partial charge in [0, 0.05) is 31.9 Å². The predicted molar refractivity (Wildman–Crippen MR) is 113 cm³/mol. The number of amides is 1. The molecule has 140 valence electrons. The highest BCUT2D eigenvalue weighted by atomic mass is 32.1. The minimum Gasteiger partial charge on any atom is -0.397 e. The number of hydrogen-bond donors (Lipinski definition) is 3. The van der Waals surface area contributed by atoms with Gasteiger partial charge < -0.3 is 26.6 Å².